The first-order chi connectivity index (χ1) is 17.7. The molecular formula is C26H28F4N4O3S. The fourth-order valence-corrected chi connectivity index (χ4v) is 6.57. The van der Waals surface area contributed by atoms with Gasteiger partial charge in [-0.05, 0) is 75.3 Å². The number of hydrogen-bond acceptors (Lipinski definition) is 4. The van der Waals surface area contributed by atoms with E-state index < -0.39 is 38.4 Å². The van der Waals surface area contributed by atoms with Gasteiger partial charge in [0.25, 0.3) is 5.91 Å². The fourth-order valence-electron chi connectivity index (χ4n) is 5.23. The Bertz CT molecular complexity index is 1520. The normalized spacial score (nSPS) is 17.4. The van der Waals surface area contributed by atoms with E-state index in [2.05, 4.69) is 4.98 Å². The maximum atomic E-state index is 15.0. The van der Waals surface area contributed by atoms with Crippen LogP contribution in [0.3, 0.4) is 0 Å². The van der Waals surface area contributed by atoms with Crippen LogP contribution in [0.1, 0.15) is 80.3 Å². The van der Waals surface area contributed by atoms with Crippen molar-refractivity contribution in [3.63, 3.8) is 0 Å². The average molecular weight is 553 g/mol. The maximum absolute atomic E-state index is 15.0. The second-order valence-electron chi connectivity index (χ2n) is 10.7. The van der Waals surface area contributed by atoms with Gasteiger partial charge in [-0.2, -0.15) is 17.9 Å². The number of halogens is 4. The second kappa shape index (κ2) is 9.04. The van der Waals surface area contributed by atoms with E-state index in [4.69, 9.17) is 5.73 Å². The van der Waals surface area contributed by atoms with E-state index in [1.807, 2.05) is 4.57 Å². The molecule has 3 aromatic rings. The Morgan fingerprint density at radius 3 is 2.29 bits per heavy atom. The van der Waals surface area contributed by atoms with Crippen LogP contribution in [0.15, 0.2) is 35.4 Å². The number of carbonyl (C=O) groups is 1. The van der Waals surface area contributed by atoms with Gasteiger partial charge in [0.2, 0.25) is 10.0 Å². The molecule has 5 rings (SSSR count). The first-order valence-corrected chi connectivity index (χ1v) is 13.9. The molecule has 2 fully saturated rings. The number of pyridine rings is 1. The molecule has 1 amide bonds. The maximum Gasteiger partial charge on any atom is 0.407 e. The molecule has 0 radical (unpaired) electrons. The van der Waals surface area contributed by atoms with Crippen molar-refractivity contribution in [2.24, 2.45) is 5.73 Å². The van der Waals surface area contributed by atoms with Gasteiger partial charge in [-0.3, -0.25) is 9.78 Å². The van der Waals surface area contributed by atoms with Crippen molar-refractivity contribution in [1.29, 1.82) is 0 Å². The van der Waals surface area contributed by atoms with E-state index in [0.717, 1.165) is 64.6 Å². The predicted molar refractivity (Wildman–Crippen MR) is 134 cm³/mol. The van der Waals surface area contributed by atoms with Crippen molar-refractivity contribution in [2.75, 3.05) is 0 Å². The number of nitrogens with one attached hydrogen (secondary N) is 1. The average Bonchev–Trinajstić information content (AvgIpc) is 3.40. The lowest BCUT2D eigenvalue weighted by atomic mass is 10.0. The van der Waals surface area contributed by atoms with Crippen molar-refractivity contribution in [1.82, 2.24) is 14.3 Å². The van der Waals surface area contributed by atoms with Gasteiger partial charge in [0.1, 0.15) is 16.3 Å². The van der Waals surface area contributed by atoms with Crippen molar-refractivity contribution in [3.05, 3.63) is 47.4 Å². The smallest absolute Gasteiger partial charge is 0.366 e. The minimum Gasteiger partial charge on any atom is -0.366 e. The molecule has 2 aliphatic rings. The minimum absolute atomic E-state index is 0.00225. The SMILES string of the molecule is CC(C)(NS(=O)(=O)c1ccc(-c2c(C(N)=O)c3cc(F)c(C4CC4)cc3n2C2CCCC2)nc1)C(F)(F)F. The van der Waals surface area contributed by atoms with Crippen LogP contribution in [0, 0.1) is 5.82 Å². The topological polar surface area (TPSA) is 107 Å². The molecule has 1 aromatic carbocycles. The molecule has 0 atom stereocenters. The summed E-state index contributed by atoms with van der Waals surface area (Å²) in [5, 5.41) is 0.355. The molecule has 2 heterocycles. The molecule has 3 N–H and O–H groups in total. The van der Waals surface area contributed by atoms with Gasteiger partial charge in [0, 0.05) is 17.6 Å². The second-order valence-corrected chi connectivity index (χ2v) is 12.4. The lowest BCUT2D eigenvalue weighted by Gasteiger charge is -2.28. The number of rotatable bonds is 7. The summed E-state index contributed by atoms with van der Waals surface area (Å²) >= 11 is 0. The highest BCUT2D eigenvalue weighted by molar-refractivity contribution is 7.89. The molecule has 0 unspecified atom stereocenters. The fraction of sp³-hybridized carbons (Fsp3) is 0.462. The zero-order valence-electron chi connectivity index (χ0n) is 20.9. The summed E-state index contributed by atoms with van der Waals surface area (Å²) in [6.45, 7) is 1.45. The van der Waals surface area contributed by atoms with Crippen LogP contribution in [0.2, 0.25) is 0 Å². The molecule has 204 valence electrons. The highest BCUT2D eigenvalue weighted by Gasteiger charge is 2.50. The molecule has 7 nitrogen and oxygen atoms in total. The molecule has 2 saturated carbocycles. The minimum atomic E-state index is -4.82. The third-order valence-electron chi connectivity index (χ3n) is 7.46. The largest absolute Gasteiger partial charge is 0.407 e. The van der Waals surface area contributed by atoms with E-state index in [9.17, 15) is 26.4 Å². The van der Waals surface area contributed by atoms with Crippen LogP contribution in [0.25, 0.3) is 22.3 Å². The first-order valence-electron chi connectivity index (χ1n) is 12.5. The Balaban J connectivity index is 1.66. The van der Waals surface area contributed by atoms with Crippen molar-refractivity contribution < 1.29 is 30.8 Å². The van der Waals surface area contributed by atoms with Crippen LogP contribution in [0.4, 0.5) is 17.6 Å². The molecular weight excluding hydrogens is 524 g/mol. The van der Waals surface area contributed by atoms with Crippen LogP contribution in [-0.4, -0.2) is 35.6 Å². The number of alkyl halides is 3. The summed E-state index contributed by atoms with van der Waals surface area (Å²) in [4.78, 5) is 16.5. The lowest BCUT2D eigenvalue weighted by molar-refractivity contribution is -0.180. The molecule has 0 bridgehead atoms. The van der Waals surface area contributed by atoms with E-state index >= 15 is 4.39 Å². The van der Waals surface area contributed by atoms with E-state index in [1.165, 1.54) is 12.1 Å². The lowest BCUT2D eigenvalue weighted by Crippen LogP contribution is -2.54. The van der Waals surface area contributed by atoms with Crippen LogP contribution < -0.4 is 10.5 Å². The van der Waals surface area contributed by atoms with Crippen molar-refractivity contribution in [2.45, 2.75) is 80.9 Å². The van der Waals surface area contributed by atoms with Crippen LogP contribution >= 0.6 is 0 Å². The van der Waals surface area contributed by atoms with Gasteiger partial charge in [0.05, 0.1) is 22.5 Å². The zero-order valence-corrected chi connectivity index (χ0v) is 21.7. The summed E-state index contributed by atoms with van der Waals surface area (Å²) < 4.78 is 83.9. The molecule has 0 spiro atoms. The molecule has 0 aliphatic heterocycles. The summed E-state index contributed by atoms with van der Waals surface area (Å²) in [6, 6.07) is 5.57. The Hall–Kier alpha value is -2.99. The summed E-state index contributed by atoms with van der Waals surface area (Å²) in [5.41, 5.74) is 4.96. The van der Waals surface area contributed by atoms with Gasteiger partial charge in [-0.1, -0.05) is 12.8 Å². The number of sulfonamides is 1. The predicted octanol–water partition coefficient (Wildman–Crippen LogP) is 5.55. The van der Waals surface area contributed by atoms with Crippen LogP contribution in [0.5, 0.6) is 0 Å². The van der Waals surface area contributed by atoms with E-state index in [0.29, 0.717) is 22.2 Å². The third kappa shape index (κ3) is 4.57. The number of carbonyl (C=O) groups excluding carboxylic acids is 1. The number of amides is 1. The molecule has 38 heavy (non-hydrogen) atoms. The number of hydrogen-bond donors (Lipinski definition) is 2. The van der Waals surface area contributed by atoms with Crippen molar-refractivity contribution in [3.8, 4) is 11.4 Å². The summed E-state index contributed by atoms with van der Waals surface area (Å²) in [6.07, 6.45) is 1.50. The number of primary amides is 1. The van der Waals surface area contributed by atoms with Gasteiger partial charge < -0.3 is 10.3 Å². The number of nitrogens with two attached hydrogens (primary N) is 1. The number of benzene rings is 1. The van der Waals surface area contributed by atoms with Gasteiger partial charge >= 0.3 is 6.18 Å². The zero-order chi connectivity index (χ0) is 27.6. The van der Waals surface area contributed by atoms with E-state index in [1.54, 1.807) is 10.8 Å². The molecule has 2 aliphatic carbocycles. The summed E-state index contributed by atoms with van der Waals surface area (Å²) in [7, 11) is -4.57. The van der Waals surface area contributed by atoms with E-state index in [-0.39, 0.29) is 23.2 Å². The quantitative estimate of drug-likeness (QED) is 0.375. The Kier molecular flexibility index (Phi) is 6.33. The molecule has 12 heteroatoms. The number of nitrogens with zero attached hydrogens (tertiary/aromatic N) is 2. The van der Waals surface area contributed by atoms with Gasteiger partial charge in [0.15, 0.2) is 0 Å². The highest BCUT2D eigenvalue weighted by atomic mass is 32.2. The Morgan fingerprint density at radius 1 is 1.11 bits per heavy atom. The molecule has 0 saturated heterocycles. The number of aromatic nitrogens is 2. The monoisotopic (exact) mass is 552 g/mol. The van der Waals surface area contributed by atoms with Crippen molar-refractivity contribution >= 4 is 26.8 Å². The standard InChI is InChI=1S/C26H28F4N4O3S/c1-25(2,26(28,29)30)33-38(36,37)16-9-10-20(32-13-16)23-22(24(31)35)18-11-19(27)17(14-7-8-14)12-21(18)34(23)15-5-3-4-6-15/h9-15,33H,3-8H2,1-2H3,(H2,31,35). The Morgan fingerprint density at radius 2 is 1.76 bits per heavy atom. The van der Waals surface area contributed by atoms with Gasteiger partial charge in [-0.25, -0.2) is 12.8 Å². The third-order valence-corrected chi connectivity index (χ3v) is 9.10. The summed E-state index contributed by atoms with van der Waals surface area (Å²) in [5.74, 6) is -1.07. The highest BCUT2D eigenvalue weighted by Crippen LogP contribution is 2.46. The number of fused-ring (bicyclic) bond motifs is 1. The van der Waals surface area contributed by atoms with Crippen LogP contribution in [-0.2, 0) is 10.0 Å². The van der Waals surface area contributed by atoms with Gasteiger partial charge in [-0.15, -0.1) is 0 Å². The Labute approximate surface area is 217 Å². The molecule has 2 aromatic heterocycles. The first kappa shape index (κ1) is 26.6.